The van der Waals surface area contributed by atoms with Crippen LogP contribution >= 0.6 is 0 Å². The summed E-state index contributed by atoms with van der Waals surface area (Å²) >= 11 is 0. The molecule has 3 nitrogen and oxygen atoms in total. The van der Waals surface area contributed by atoms with Crippen molar-refractivity contribution in [2.24, 2.45) is 11.3 Å². The maximum absolute atomic E-state index is 14.3. The topological polar surface area (TPSA) is 29.5 Å². The molecule has 35 heavy (non-hydrogen) atoms. The number of hydrogen-bond donors (Lipinski definition) is 0. The molecule has 0 bridgehead atoms. The number of benzene rings is 3. The van der Waals surface area contributed by atoms with Gasteiger partial charge in [0.2, 0.25) is 0 Å². The van der Waals surface area contributed by atoms with Gasteiger partial charge in [0.15, 0.2) is 5.78 Å². The highest BCUT2D eigenvalue weighted by Crippen LogP contribution is 2.48. The molecule has 1 saturated heterocycles. The van der Waals surface area contributed by atoms with Crippen LogP contribution in [0.25, 0.3) is 0 Å². The Morgan fingerprint density at radius 2 is 1.69 bits per heavy atom. The van der Waals surface area contributed by atoms with Gasteiger partial charge in [-0.15, -0.1) is 0 Å². The van der Waals surface area contributed by atoms with E-state index in [4.69, 9.17) is 4.74 Å². The van der Waals surface area contributed by atoms with Crippen molar-refractivity contribution in [3.8, 4) is 5.75 Å². The predicted molar refractivity (Wildman–Crippen MR) is 133 cm³/mol. The Morgan fingerprint density at radius 1 is 0.971 bits per heavy atom. The summed E-state index contributed by atoms with van der Waals surface area (Å²) in [6.07, 6.45) is 4.38. The van der Waals surface area contributed by atoms with E-state index in [1.54, 1.807) is 7.11 Å². The molecule has 0 amide bonds. The lowest BCUT2D eigenvalue weighted by atomic mass is 9.61. The molecule has 0 saturated carbocycles. The number of carbonyl (C=O) groups excluding carboxylic acids is 1. The molecule has 3 aromatic rings. The highest BCUT2D eigenvalue weighted by molar-refractivity contribution is 6.00. The third-order valence-electron chi connectivity index (χ3n) is 7.86. The predicted octanol–water partition coefficient (Wildman–Crippen LogP) is 6.24. The Morgan fingerprint density at radius 3 is 2.40 bits per heavy atom. The molecule has 1 fully saturated rings. The number of likely N-dealkylation sites (tertiary alicyclic amines) is 1. The van der Waals surface area contributed by atoms with Gasteiger partial charge in [0, 0.05) is 42.1 Å². The molecular weight excluding hydrogens is 444 g/mol. The summed E-state index contributed by atoms with van der Waals surface area (Å²) in [5.41, 5.74) is 3.09. The standard InChI is InChI=1S/C30H31F2NO2/c1-35-23-14-11-21(12-15-23)13-16-26-29(34)24-8-3-2-6-22(24)7-5-17-30(26)19-33(20-30)18-25-27(31)9-4-10-28(25)32/h2-4,6,8-12,14-15,26H,5,7,13,16-20H2,1H3. The molecule has 2 aliphatic rings. The van der Waals surface area contributed by atoms with Crippen LogP contribution in [-0.2, 0) is 19.4 Å². The second-order valence-electron chi connectivity index (χ2n) is 10.0. The van der Waals surface area contributed by atoms with Gasteiger partial charge in [0.1, 0.15) is 17.4 Å². The van der Waals surface area contributed by atoms with Crippen LogP contribution in [0.2, 0.25) is 0 Å². The lowest BCUT2D eigenvalue weighted by molar-refractivity contribution is -0.0539. The van der Waals surface area contributed by atoms with Crippen LogP contribution in [0.4, 0.5) is 8.78 Å². The van der Waals surface area contributed by atoms with Gasteiger partial charge in [0.25, 0.3) is 0 Å². The highest BCUT2D eigenvalue weighted by atomic mass is 19.1. The van der Waals surface area contributed by atoms with Gasteiger partial charge in [-0.25, -0.2) is 8.78 Å². The van der Waals surface area contributed by atoms with Crippen molar-refractivity contribution in [3.05, 3.63) is 101 Å². The third kappa shape index (κ3) is 4.74. The SMILES string of the molecule is COc1ccc(CCC2C(=O)c3ccccc3CCCC23CN(Cc2c(F)cccc2F)C3)cc1. The summed E-state index contributed by atoms with van der Waals surface area (Å²) in [7, 11) is 1.65. The molecule has 1 heterocycles. The molecule has 1 spiro atoms. The monoisotopic (exact) mass is 475 g/mol. The van der Waals surface area contributed by atoms with Gasteiger partial charge >= 0.3 is 0 Å². The van der Waals surface area contributed by atoms with Crippen molar-refractivity contribution in [2.75, 3.05) is 20.2 Å². The first kappa shape index (κ1) is 23.7. The van der Waals surface area contributed by atoms with E-state index in [9.17, 15) is 13.6 Å². The minimum atomic E-state index is -0.510. The largest absolute Gasteiger partial charge is 0.497 e. The van der Waals surface area contributed by atoms with Gasteiger partial charge in [-0.3, -0.25) is 9.69 Å². The van der Waals surface area contributed by atoms with E-state index in [1.165, 1.54) is 23.8 Å². The lowest BCUT2D eigenvalue weighted by Gasteiger charge is -2.55. The number of Topliss-reactive ketones (excluding diaryl/α,β-unsaturated/α-hetero) is 1. The zero-order valence-electron chi connectivity index (χ0n) is 20.1. The van der Waals surface area contributed by atoms with E-state index in [-0.39, 0.29) is 29.2 Å². The van der Waals surface area contributed by atoms with Crippen molar-refractivity contribution < 1.29 is 18.3 Å². The average Bonchev–Trinajstić information content (AvgIpc) is 2.84. The van der Waals surface area contributed by atoms with Crippen molar-refractivity contribution in [2.45, 2.75) is 38.6 Å². The number of halogens is 2. The summed E-state index contributed by atoms with van der Waals surface area (Å²) in [5, 5.41) is 0. The Bertz CT molecular complexity index is 1180. The molecule has 1 unspecified atom stereocenters. The first-order chi connectivity index (χ1) is 17.0. The van der Waals surface area contributed by atoms with Crippen LogP contribution in [0.3, 0.4) is 0 Å². The second-order valence-corrected chi connectivity index (χ2v) is 10.0. The molecule has 1 atom stereocenters. The zero-order valence-corrected chi connectivity index (χ0v) is 20.1. The molecule has 1 aliphatic heterocycles. The summed E-state index contributed by atoms with van der Waals surface area (Å²) in [6.45, 7) is 1.60. The molecule has 0 aromatic heterocycles. The Kier molecular flexibility index (Phi) is 6.70. The Hall–Kier alpha value is -3.05. The summed E-state index contributed by atoms with van der Waals surface area (Å²) in [6, 6.07) is 20.0. The fourth-order valence-electron chi connectivity index (χ4n) is 6.03. The van der Waals surface area contributed by atoms with Crippen molar-refractivity contribution in [1.82, 2.24) is 4.90 Å². The molecule has 5 heteroatoms. The lowest BCUT2D eigenvalue weighted by Crippen LogP contribution is -2.61. The Labute approximate surface area is 205 Å². The molecule has 5 rings (SSSR count). The Balaban J connectivity index is 1.39. The van der Waals surface area contributed by atoms with E-state index in [2.05, 4.69) is 23.1 Å². The third-order valence-corrected chi connectivity index (χ3v) is 7.86. The highest BCUT2D eigenvalue weighted by Gasteiger charge is 2.51. The first-order valence-electron chi connectivity index (χ1n) is 12.4. The fourth-order valence-corrected chi connectivity index (χ4v) is 6.03. The number of ether oxygens (including phenoxy) is 1. The number of ketones is 1. The van der Waals surface area contributed by atoms with Crippen LogP contribution in [0.5, 0.6) is 5.75 Å². The van der Waals surface area contributed by atoms with Crippen molar-refractivity contribution in [1.29, 1.82) is 0 Å². The second kappa shape index (κ2) is 9.90. The quantitative estimate of drug-likeness (QED) is 0.422. The van der Waals surface area contributed by atoms with Crippen LogP contribution in [0.1, 0.15) is 46.3 Å². The summed E-state index contributed by atoms with van der Waals surface area (Å²) < 4.78 is 33.8. The summed E-state index contributed by atoms with van der Waals surface area (Å²) in [5.74, 6) is -0.121. The van der Waals surface area contributed by atoms with E-state index in [0.717, 1.165) is 49.0 Å². The molecule has 3 aromatic carbocycles. The zero-order chi connectivity index (χ0) is 24.4. The normalized spacial score (nSPS) is 19.5. The molecule has 1 aliphatic carbocycles. The van der Waals surface area contributed by atoms with Gasteiger partial charge in [-0.2, -0.15) is 0 Å². The number of methoxy groups -OCH3 is 1. The van der Waals surface area contributed by atoms with Crippen LogP contribution in [0.15, 0.2) is 66.7 Å². The van der Waals surface area contributed by atoms with E-state index in [0.29, 0.717) is 13.1 Å². The van der Waals surface area contributed by atoms with Crippen LogP contribution in [-0.4, -0.2) is 30.9 Å². The van der Waals surface area contributed by atoms with Gasteiger partial charge in [-0.05, 0) is 67.5 Å². The van der Waals surface area contributed by atoms with Crippen LogP contribution < -0.4 is 4.74 Å². The van der Waals surface area contributed by atoms with E-state index < -0.39 is 11.6 Å². The van der Waals surface area contributed by atoms with Crippen molar-refractivity contribution >= 4 is 5.78 Å². The minimum Gasteiger partial charge on any atom is -0.497 e. The summed E-state index contributed by atoms with van der Waals surface area (Å²) in [4.78, 5) is 16.0. The van der Waals surface area contributed by atoms with Gasteiger partial charge in [-0.1, -0.05) is 42.5 Å². The minimum absolute atomic E-state index is 0.111. The van der Waals surface area contributed by atoms with E-state index >= 15 is 0 Å². The van der Waals surface area contributed by atoms with E-state index in [1.807, 2.05) is 30.3 Å². The van der Waals surface area contributed by atoms with Gasteiger partial charge < -0.3 is 4.74 Å². The van der Waals surface area contributed by atoms with Crippen LogP contribution in [0, 0.1) is 23.0 Å². The molecule has 182 valence electrons. The van der Waals surface area contributed by atoms with Crippen molar-refractivity contribution in [3.63, 3.8) is 0 Å². The molecule has 0 radical (unpaired) electrons. The number of nitrogens with zero attached hydrogens (tertiary/aromatic N) is 1. The first-order valence-corrected chi connectivity index (χ1v) is 12.4. The number of carbonyl (C=O) groups is 1. The number of aryl methyl sites for hydroxylation is 2. The smallest absolute Gasteiger partial charge is 0.166 e. The average molecular weight is 476 g/mol. The maximum atomic E-state index is 14.3. The number of rotatable bonds is 6. The number of hydrogen-bond acceptors (Lipinski definition) is 3. The maximum Gasteiger partial charge on any atom is 0.166 e. The van der Waals surface area contributed by atoms with Gasteiger partial charge in [0.05, 0.1) is 7.11 Å². The molecular formula is C30H31F2NO2. The fraction of sp³-hybridized carbons (Fsp3) is 0.367. The molecule has 0 N–H and O–H groups in total. The number of fused-ring (bicyclic) bond motifs is 1.